The van der Waals surface area contributed by atoms with Gasteiger partial charge in [-0.05, 0) is 0 Å². The first-order valence-electron chi connectivity index (χ1n) is 3.37. The van der Waals surface area contributed by atoms with Gasteiger partial charge in [0.05, 0.1) is 25.4 Å². The maximum Gasteiger partial charge on any atom is 0.0908 e. The topological polar surface area (TPSA) is 44.5 Å². The Kier molecular flexibility index (Phi) is 1.22. The molecular weight excluding hydrogens is 118 g/mol. The van der Waals surface area contributed by atoms with Crippen LogP contribution in [0.2, 0.25) is 0 Å². The van der Waals surface area contributed by atoms with Crippen LogP contribution in [0.1, 0.15) is 0 Å². The predicted octanol–water partition coefficient (Wildman–Crippen LogP) is -0.641. The molecule has 3 nitrogen and oxygen atoms in total. The standard InChI is InChI=1S/C6H11NO2/c7-3-4-5-6(4)9-2-1-8-5/h4-6H,1-3,7H2/t5-,6-/m0/s1. The minimum atomic E-state index is 0.337. The average molecular weight is 129 g/mol. The monoisotopic (exact) mass is 129 g/mol. The maximum atomic E-state index is 5.43. The fourth-order valence-electron chi connectivity index (χ4n) is 1.39. The van der Waals surface area contributed by atoms with E-state index >= 15 is 0 Å². The van der Waals surface area contributed by atoms with E-state index in [4.69, 9.17) is 15.2 Å². The van der Waals surface area contributed by atoms with Gasteiger partial charge in [-0.1, -0.05) is 0 Å². The average Bonchev–Trinajstić information content (AvgIpc) is 2.60. The Labute approximate surface area is 54.1 Å². The van der Waals surface area contributed by atoms with Crippen LogP contribution in [-0.4, -0.2) is 32.0 Å². The molecule has 2 N–H and O–H groups in total. The second-order valence-corrected chi connectivity index (χ2v) is 2.57. The Morgan fingerprint density at radius 2 is 1.78 bits per heavy atom. The molecular formula is C6H11NO2. The smallest absolute Gasteiger partial charge is 0.0908 e. The van der Waals surface area contributed by atoms with E-state index in [2.05, 4.69) is 0 Å². The molecule has 0 unspecified atom stereocenters. The van der Waals surface area contributed by atoms with E-state index in [0.29, 0.717) is 24.7 Å². The molecule has 0 aromatic carbocycles. The Morgan fingerprint density at radius 1 is 1.22 bits per heavy atom. The van der Waals surface area contributed by atoms with E-state index in [1.165, 1.54) is 0 Å². The van der Waals surface area contributed by atoms with E-state index in [-0.39, 0.29) is 0 Å². The summed E-state index contributed by atoms with van der Waals surface area (Å²) in [6, 6.07) is 0. The lowest BCUT2D eigenvalue weighted by Gasteiger charge is -2.09. The highest BCUT2D eigenvalue weighted by atomic mass is 16.6. The molecule has 0 spiro atoms. The normalized spacial score (nSPS) is 48.3. The van der Waals surface area contributed by atoms with Crippen molar-refractivity contribution in [1.29, 1.82) is 0 Å². The molecule has 2 rings (SSSR count). The van der Waals surface area contributed by atoms with Gasteiger partial charge in [-0.25, -0.2) is 0 Å². The van der Waals surface area contributed by atoms with E-state index in [9.17, 15) is 0 Å². The van der Waals surface area contributed by atoms with Crippen molar-refractivity contribution in [2.75, 3.05) is 19.8 Å². The summed E-state index contributed by atoms with van der Waals surface area (Å²) in [5, 5.41) is 0. The molecule has 9 heavy (non-hydrogen) atoms. The molecule has 1 heterocycles. The number of fused-ring (bicyclic) bond motifs is 1. The zero-order chi connectivity index (χ0) is 6.27. The minimum absolute atomic E-state index is 0.337. The van der Waals surface area contributed by atoms with Crippen molar-refractivity contribution in [2.45, 2.75) is 12.2 Å². The van der Waals surface area contributed by atoms with Crippen molar-refractivity contribution in [1.82, 2.24) is 0 Å². The summed E-state index contributed by atoms with van der Waals surface area (Å²) in [6.07, 6.45) is 0.674. The molecule has 1 aliphatic carbocycles. The van der Waals surface area contributed by atoms with Crippen LogP contribution in [0.25, 0.3) is 0 Å². The number of hydrogen-bond donors (Lipinski definition) is 1. The largest absolute Gasteiger partial charge is 0.373 e. The van der Waals surface area contributed by atoms with Crippen LogP contribution in [0, 0.1) is 5.92 Å². The van der Waals surface area contributed by atoms with Crippen molar-refractivity contribution in [2.24, 2.45) is 11.7 Å². The first-order chi connectivity index (χ1) is 4.43. The zero-order valence-electron chi connectivity index (χ0n) is 5.25. The second-order valence-electron chi connectivity index (χ2n) is 2.57. The van der Waals surface area contributed by atoms with Crippen LogP contribution in [0.5, 0.6) is 0 Å². The number of nitrogens with two attached hydrogens (primary N) is 1. The Balaban J connectivity index is 1.91. The van der Waals surface area contributed by atoms with Crippen LogP contribution in [0.3, 0.4) is 0 Å². The van der Waals surface area contributed by atoms with Gasteiger partial charge in [-0.15, -0.1) is 0 Å². The van der Waals surface area contributed by atoms with Gasteiger partial charge in [0, 0.05) is 12.5 Å². The van der Waals surface area contributed by atoms with Crippen LogP contribution in [-0.2, 0) is 9.47 Å². The highest BCUT2D eigenvalue weighted by molar-refractivity contribution is 5.02. The SMILES string of the molecule is NCC1[C@@H]2OCCO[C@@H]12. The molecule has 0 bridgehead atoms. The number of rotatable bonds is 1. The number of hydrogen-bond acceptors (Lipinski definition) is 3. The second kappa shape index (κ2) is 1.94. The summed E-state index contributed by atoms with van der Waals surface area (Å²) < 4.78 is 10.7. The van der Waals surface area contributed by atoms with Crippen molar-refractivity contribution in [3.05, 3.63) is 0 Å². The summed E-state index contributed by atoms with van der Waals surface area (Å²) in [7, 11) is 0. The summed E-state index contributed by atoms with van der Waals surface area (Å²) in [4.78, 5) is 0. The third-order valence-corrected chi connectivity index (χ3v) is 2.00. The first kappa shape index (κ1) is 5.65. The van der Waals surface area contributed by atoms with Gasteiger partial charge in [0.25, 0.3) is 0 Å². The molecule has 1 saturated carbocycles. The van der Waals surface area contributed by atoms with Gasteiger partial charge >= 0.3 is 0 Å². The molecule has 52 valence electrons. The predicted molar refractivity (Wildman–Crippen MR) is 32.0 cm³/mol. The third-order valence-electron chi connectivity index (χ3n) is 2.00. The molecule has 2 fully saturated rings. The van der Waals surface area contributed by atoms with Gasteiger partial charge in [-0.2, -0.15) is 0 Å². The quantitative estimate of drug-likeness (QED) is 0.512. The van der Waals surface area contributed by atoms with Crippen molar-refractivity contribution < 1.29 is 9.47 Å². The van der Waals surface area contributed by atoms with Gasteiger partial charge in [0.1, 0.15) is 0 Å². The van der Waals surface area contributed by atoms with E-state index in [1.54, 1.807) is 0 Å². The summed E-state index contributed by atoms with van der Waals surface area (Å²) in [5.74, 6) is 0.493. The van der Waals surface area contributed by atoms with Crippen molar-refractivity contribution >= 4 is 0 Å². The summed E-state index contributed by atoms with van der Waals surface area (Å²) >= 11 is 0. The summed E-state index contributed by atoms with van der Waals surface area (Å²) in [6.45, 7) is 2.20. The van der Waals surface area contributed by atoms with Gasteiger partial charge in [-0.3, -0.25) is 0 Å². The highest BCUT2D eigenvalue weighted by Crippen LogP contribution is 2.38. The Hall–Kier alpha value is -0.120. The zero-order valence-corrected chi connectivity index (χ0v) is 5.25. The van der Waals surface area contributed by atoms with Gasteiger partial charge < -0.3 is 15.2 Å². The van der Waals surface area contributed by atoms with Gasteiger partial charge in [0.2, 0.25) is 0 Å². The van der Waals surface area contributed by atoms with Crippen LogP contribution in [0.15, 0.2) is 0 Å². The molecule has 1 saturated heterocycles. The number of ether oxygens (including phenoxy) is 2. The van der Waals surface area contributed by atoms with E-state index in [0.717, 1.165) is 13.2 Å². The van der Waals surface area contributed by atoms with E-state index < -0.39 is 0 Å². The van der Waals surface area contributed by atoms with Gasteiger partial charge in [0.15, 0.2) is 0 Å². The summed E-state index contributed by atoms with van der Waals surface area (Å²) in [5.41, 5.74) is 5.43. The lowest BCUT2D eigenvalue weighted by molar-refractivity contribution is -0.0376. The first-order valence-corrected chi connectivity index (χ1v) is 3.37. The minimum Gasteiger partial charge on any atom is -0.373 e. The molecule has 3 heteroatoms. The molecule has 0 aromatic heterocycles. The van der Waals surface area contributed by atoms with Crippen LogP contribution < -0.4 is 5.73 Å². The molecule has 0 aromatic rings. The Morgan fingerprint density at radius 3 is 2.22 bits per heavy atom. The van der Waals surface area contributed by atoms with Crippen molar-refractivity contribution in [3.63, 3.8) is 0 Å². The fraction of sp³-hybridized carbons (Fsp3) is 1.00. The van der Waals surface area contributed by atoms with E-state index in [1.807, 2.05) is 0 Å². The lowest BCUT2D eigenvalue weighted by Crippen LogP contribution is -2.16. The molecule has 2 atom stereocenters. The molecule has 0 radical (unpaired) electrons. The lowest BCUT2D eigenvalue weighted by atomic mass is 10.4. The van der Waals surface area contributed by atoms with Crippen LogP contribution >= 0.6 is 0 Å². The molecule has 2 aliphatic rings. The highest BCUT2D eigenvalue weighted by Gasteiger charge is 2.53. The van der Waals surface area contributed by atoms with Crippen molar-refractivity contribution in [3.8, 4) is 0 Å². The molecule has 1 aliphatic heterocycles. The maximum absolute atomic E-state index is 5.43. The third kappa shape index (κ3) is 0.764. The molecule has 0 amide bonds. The van der Waals surface area contributed by atoms with Crippen LogP contribution in [0.4, 0.5) is 0 Å². The Bertz CT molecular complexity index is 98.9. The fourth-order valence-corrected chi connectivity index (χ4v) is 1.39.